The second kappa shape index (κ2) is 9.06. The van der Waals surface area contributed by atoms with Crippen LogP contribution in [0, 0.1) is 0 Å². The van der Waals surface area contributed by atoms with Gasteiger partial charge in [-0.05, 0) is 51.8 Å². The zero-order chi connectivity index (χ0) is 21.8. The summed E-state index contributed by atoms with van der Waals surface area (Å²) in [5.41, 5.74) is 6.02. The van der Waals surface area contributed by atoms with Gasteiger partial charge in [0.05, 0.1) is 0 Å². The van der Waals surface area contributed by atoms with Crippen LogP contribution < -0.4 is 5.32 Å². The van der Waals surface area contributed by atoms with Crippen molar-refractivity contribution in [3.63, 3.8) is 0 Å². The molecule has 0 fully saturated rings. The normalized spacial score (nSPS) is 12.6. The Bertz CT molecular complexity index is 1250. The van der Waals surface area contributed by atoms with E-state index in [1.54, 1.807) is 6.20 Å². The molecular formula is C28H24N2O2. The number of nitrogens with zero attached hydrogens (tertiary/aromatic N) is 1. The lowest BCUT2D eigenvalue weighted by atomic mass is 9.98. The average molecular weight is 421 g/mol. The quantitative estimate of drug-likeness (QED) is 0.379. The number of rotatable bonds is 6. The fourth-order valence-electron chi connectivity index (χ4n) is 4.33. The van der Waals surface area contributed by atoms with E-state index in [0.29, 0.717) is 13.2 Å². The predicted molar refractivity (Wildman–Crippen MR) is 128 cm³/mol. The highest BCUT2D eigenvalue weighted by Gasteiger charge is 2.28. The standard InChI is InChI=1S/C28H24N2O2/c31-28(30-15-6-5-7-20-12-13-22-18-29-16-14-21(22)17-20)32-19-27-25-10-3-1-8-23(25)24-9-2-4-11-26(24)27/h1-5,7-14,16-18,27H,6,15,19H2,(H,30,31). The summed E-state index contributed by atoms with van der Waals surface area (Å²) in [4.78, 5) is 16.4. The fourth-order valence-corrected chi connectivity index (χ4v) is 4.33. The highest BCUT2D eigenvalue weighted by Crippen LogP contribution is 2.44. The van der Waals surface area contributed by atoms with Gasteiger partial charge in [0, 0.05) is 30.2 Å². The van der Waals surface area contributed by atoms with E-state index < -0.39 is 0 Å². The molecule has 158 valence electrons. The molecule has 1 aliphatic rings. The van der Waals surface area contributed by atoms with Gasteiger partial charge in [-0.1, -0.05) is 72.8 Å². The summed E-state index contributed by atoms with van der Waals surface area (Å²) >= 11 is 0. The molecule has 3 aromatic carbocycles. The van der Waals surface area contributed by atoms with Crippen LogP contribution in [0.5, 0.6) is 0 Å². The topological polar surface area (TPSA) is 51.2 Å². The Morgan fingerprint density at radius 1 is 0.938 bits per heavy atom. The Balaban J connectivity index is 1.12. The van der Waals surface area contributed by atoms with Crippen molar-refractivity contribution in [3.05, 3.63) is 108 Å². The number of fused-ring (bicyclic) bond motifs is 4. The first-order valence-corrected chi connectivity index (χ1v) is 10.9. The van der Waals surface area contributed by atoms with Gasteiger partial charge in [0.1, 0.15) is 6.61 Å². The molecule has 1 aromatic heterocycles. The van der Waals surface area contributed by atoms with E-state index in [2.05, 4.69) is 64.9 Å². The summed E-state index contributed by atoms with van der Waals surface area (Å²) < 4.78 is 5.57. The summed E-state index contributed by atoms with van der Waals surface area (Å²) in [5, 5.41) is 5.14. The van der Waals surface area contributed by atoms with Crippen molar-refractivity contribution in [2.24, 2.45) is 0 Å². The second-order valence-electron chi connectivity index (χ2n) is 7.93. The maximum Gasteiger partial charge on any atom is 0.407 e. The predicted octanol–water partition coefficient (Wildman–Crippen LogP) is 6.18. The number of amides is 1. The minimum atomic E-state index is -0.376. The van der Waals surface area contributed by atoms with Gasteiger partial charge in [0.25, 0.3) is 0 Å². The van der Waals surface area contributed by atoms with Gasteiger partial charge in [-0.15, -0.1) is 0 Å². The molecule has 32 heavy (non-hydrogen) atoms. The highest BCUT2D eigenvalue weighted by molar-refractivity contribution is 5.83. The lowest BCUT2D eigenvalue weighted by molar-refractivity contribution is 0.143. The zero-order valence-corrected chi connectivity index (χ0v) is 17.7. The largest absolute Gasteiger partial charge is 0.449 e. The van der Waals surface area contributed by atoms with Crippen LogP contribution in [0.3, 0.4) is 0 Å². The van der Waals surface area contributed by atoms with Crippen LogP contribution in [0.25, 0.3) is 28.0 Å². The maximum atomic E-state index is 12.2. The Morgan fingerprint density at radius 2 is 1.69 bits per heavy atom. The van der Waals surface area contributed by atoms with Gasteiger partial charge < -0.3 is 10.1 Å². The molecule has 0 spiro atoms. The first-order chi connectivity index (χ1) is 15.8. The lowest BCUT2D eigenvalue weighted by Crippen LogP contribution is -2.26. The third-order valence-electron chi connectivity index (χ3n) is 5.90. The number of nitrogens with one attached hydrogen (secondary N) is 1. The van der Waals surface area contributed by atoms with Gasteiger partial charge >= 0.3 is 6.09 Å². The maximum absolute atomic E-state index is 12.2. The molecule has 4 nitrogen and oxygen atoms in total. The monoisotopic (exact) mass is 420 g/mol. The SMILES string of the molecule is O=C(NCCC=Cc1ccc2cnccc2c1)OCC1c2ccccc2-c2ccccc21. The number of pyridine rings is 1. The van der Waals surface area contributed by atoms with E-state index >= 15 is 0 Å². The minimum absolute atomic E-state index is 0.0798. The molecule has 0 unspecified atom stereocenters. The van der Waals surface area contributed by atoms with Crippen LogP contribution in [0.1, 0.15) is 29.0 Å². The van der Waals surface area contributed by atoms with E-state index in [-0.39, 0.29) is 12.0 Å². The average Bonchev–Trinajstić information content (AvgIpc) is 3.16. The van der Waals surface area contributed by atoms with Crippen molar-refractivity contribution in [2.45, 2.75) is 12.3 Å². The molecule has 4 aromatic rings. The molecule has 0 saturated heterocycles. The van der Waals surface area contributed by atoms with Gasteiger partial charge in [-0.2, -0.15) is 0 Å². The molecule has 1 amide bonds. The molecule has 0 aliphatic heterocycles. The Kier molecular flexibility index (Phi) is 5.67. The van der Waals surface area contributed by atoms with Crippen molar-refractivity contribution < 1.29 is 9.53 Å². The van der Waals surface area contributed by atoms with E-state index in [1.165, 1.54) is 27.6 Å². The van der Waals surface area contributed by atoms with Crippen LogP contribution in [0.15, 0.2) is 91.3 Å². The van der Waals surface area contributed by atoms with Gasteiger partial charge in [0.15, 0.2) is 0 Å². The van der Waals surface area contributed by atoms with Crippen LogP contribution in [0.4, 0.5) is 4.79 Å². The highest BCUT2D eigenvalue weighted by atomic mass is 16.5. The van der Waals surface area contributed by atoms with E-state index in [9.17, 15) is 4.79 Å². The number of benzene rings is 3. The molecule has 0 bridgehead atoms. The van der Waals surface area contributed by atoms with Crippen LogP contribution in [-0.2, 0) is 4.74 Å². The molecule has 0 radical (unpaired) electrons. The molecule has 4 heteroatoms. The summed E-state index contributed by atoms with van der Waals surface area (Å²) in [6.45, 7) is 0.867. The van der Waals surface area contributed by atoms with Crippen molar-refractivity contribution in [1.82, 2.24) is 10.3 Å². The van der Waals surface area contributed by atoms with Gasteiger partial charge in [0.2, 0.25) is 0 Å². The van der Waals surface area contributed by atoms with Crippen molar-refractivity contribution in [1.29, 1.82) is 0 Å². The van der Waals surface area contributed by atoms with E-state index in [1.807, 2.05) is 36.5 Å². The number of carbonyl (C=O) groups excluding carboxylic acids is 1. The molecule has 1 aliphatic carbocycles. The lowest BCUT2D eigenvalue weighted by Gasteiger charge is -2.14. The summed E-state index contributed by atoms with van der Waals surface area (Å²) in [6, 6.07) is 25.0. The van der Waals surface area contributed by atoms with Crippen molar-refractivity contribution in [3.8, 4) is 11.1 Å². The molecule has 1 N–H and O–H groups in total. The number of carbonyl (C=O) groups is 1. The summed E-state index contributed by atoms with van der Waals surface area (Å²) in [6.07, 6.45) is 8.15. The molecule has 0 atom stereocenters. The Hall–Kier alpha value is -3.92. The molecular weight excluding hydrogens is 396 g/mol. The Labute approximate surface area is 187 Å². The van der Waals surface area contributed by atoms with Crippen molar-refractivity contribution in [2.75, 3.05) is 13.2 Å². The number of ether oxygens (including phenoxy) is 1. The van der Waals surface area contributed by atoms with Crippen LogP contribution in [0.2, 0.25) is 0 Å². The summed E-state index contributed by atoms with van der Waals surface area (Å²) in [5.74, 6) is 0.0798. The molecule has 0 saturated carbocycles. The van der Waals surface area contributed by atoms with Crippen LogP contribution >= 0.6 is 0 Å². The second-order valence-corrected chi connectivity index (χ2v) is 7.93. The van der Waals surface area contributed by atoms with Crippen molar-refractivity contribution >= 4 is 22.9 Å². The zero-order valence-electron chi connectivity index (χ0n) is 17.7. The van der Waals surface area contributed by atoms with E-state index in [4.69, 9.17) is 4.74 Å². The Morgan fingerprint density at radius 3 is 2.47 bits per heavy atom. The number of hydrogen-bond donors (Lipinski definition) is 1. The van der Waals surface area contributed by atoms with Gasteiger partial charge in [-0.25, -0.2) is 4.79 Å². The number of hydrogen-bond acceptors (Lipinski definition) is 3. The van der Waals surface area contributed by atoms with E-state index in [0.717, 1.165) is 17.4 Å². The third-order valence-corrected chi connectivity index (χ3v) is 5.90. The molecule has 5 rings (SSSR count). The third kappa shape index (κ3) is 4.12. The number of aromatic nitrogens is 1. The molecule has 1 heterocycles. The number of alkyl carbamates (subject to hydrolysis) is 1. The first kappa shape index (κ1) is 20.0. The van der Waals surface area contributed by atoms with Gasteiger partial charge in [-0.3, -0.25) is 4.98 Å². The minimum Gasteiger partial charge on any atom is -0.449 e. The first-order valence-electron chi connectivity index (χ1n) is 10.9. The van der Waals surface area contributed by atoms with Crippen LogP contribution in [-0.4, -0.2) is 24.2 Å². The fraction of sp³-hybridized carbons (Fsp3) is 0.143. The summed E-state index contributed by atoms with van der Waals surface area (Å²) in [7, 11) is 0. The smallest absolute Gasteiger partial charge is 0.407 e.